The summed E-state index contributed by atoms with van der Waals surface area (Å²) in [4.78, 5) is 10.5. The average Bonchev–Trinajstić information content (AvgIpc) is 1.97. The molecule has 1 amide bonds. The van der Waals surface area contributed by atoms with Gasteiger partial charge in [0.1, 0.15) is 0 Å². The van der Waals surface area contributed by atoms with E-state index >= 15 is 0 Å². The molecular weight excluding hydrogens is 152 g/mol. The fraction of sp³-hybridized carbons (Fsp3) is 0.667. The summed E-state index contributed by atoms with van der Waals surface area (Å²) in [6.45, 7) is 6.50. The smallest absolute Gasteiger partial charge is 0.218 e. The van der Waals surface area contributed by atoms with Crippen molar-refractivity contribution in [3.8, 4) is 0 Å². The van der Waals surface area contributed by atoms with Crippen LogP contribution in [0.1, 0.15) is 26.2 Å². The maximum absolute atomic E-state index is 10.5. The van der Waals surface area contributed by atoms with Crippen molar-refractivity contribution in [2.24, 2.45) is 5.73 Å². The van der Waals surface area contributed by atoms with Crippen LogP contribution in [0, 0.1) is 0 Å². The molecule has 3 heteroatoms. The van der Waals surface area contributed by atoms with Crippen molar-refractivity contribution in [2.75, 3.05) is 6.54 Å². The minimum Gasteiger partial charge on any atom is -0.370 e. The third-order valence-electron chi connectivity index (χ3n) is 1.59. The minimum atomic E-state index is -0.251. The molecule has 0 aromatic carbocycles. The second kappa shape index (κ2) is 6.85. The van der Waals surface area contributed by atoms with Crippen LogP contribution in [0.4, 0.5) is 0 Å². The van der Waals surface area contributed by atoms with Crippen molar-refractivity contribution in [3.05, 3.63) is 12.7 Å². The lowest BCUT2D eigenvalue weighted by molar-refractivity contribution is -0.118. The van der Waals surface area contributed by atoms with Crippen LogP contribution in [0.5, 0.6) is 0 Å². The molecule has 0 radical (unpaired) electrons. The van der Waals surface area contributed by atoms with E-state index in [0.29, 0.717) is 6.42 Å². The van der Waals surface area contributed by atoms with Crippen LogP contribution in [0.2, 0.25) is 0 Å². The van der Waals surface area contributed by atoms with Gasteiger partial charge in [0.05, 0.1) is 0 Å². The van der Waals surface area contributed by atoms with E-state index in [4.69, 9.17) is 5.73 Å². The molecule has 0 aromatic heterocycles. The number of hydrogen-bond acceptors (Lipinski definition) is 2. The molecule has 0 aliphatic carbocycles. The molecule has 0 aliphatic heterocycles. The van der Waals surface area contributed by atoms with E-state index in [9.17, 15) is 4.79 Å². The number of nitrogens with two attached hydrogens (primary N) is 1. The first-order chi connectivity index (χ1) is 5.66. The largest absolute Gasteiger partial charge is 0.370 e. The van der Waals surface area contributed by atoms with Crippen molar-refractivity contribution in [1.29, 1.82) is 0 Å². The Hall–Kier alpha value is -0.830. The molecule has 0 saturated heterocycles. The summed E-state index contributed by atoms with van der Waals surface area (Å²) in [7, 11) is 0. The summed E-state index contributed by atoms with van der Waals surface area (Å²) in [5.74, 6) is -0.251. The van der Waals surface area contributed by atoms with Crippen molar-refractivity contribution < 1.29 is 4.79 Å². The summed E-state index contributed by atoms with van der Waals surface area (Å²) >= 11 is 0. The molecule has 0 bridgehead atoms. The first-order valence-electron chi connectivity index (χ1n) is 4.29. The molecule has 0 saturated carbocycles. The molecule has 0 fully saturated rings. The quantitative estimate of drug-likeness (QED) is 0.439. The van der Waals surface area contributed by atoms with Crippen LogP contribution < -0.4 is 11.1 Å². The molecule has 1 atom stereocenters. The zero-order valence-corrected chi connectivity index (χ0v) is 7.68. The number of rotatable bonds is 7. The van der Waals surface area contributed by atoms with E-state index in [1.165, 1.54) is 0 Å². The molecule has 1 unspecified atom stereocenters. The molecule has 0 heterocycles. The van der Waals surface area contributed by atoms with E-state index in [-0.39, 0.29) is 11.9 Å². The predicted molar refractivity (Wildman–Crippen MR) is 50.7 cm³/mol. The van der Waals surface area contributed by atoms with E-state index in [2.05, 4.69) is 11.9 Å². The number of amides is 1. The Kier molecular flexibility index (Phi) is 6.38. The van der Waals surface area contributed by atoms with Crippen molar-refractivity contribution in [3.63, 3.8) is 0 Å². The Morgan fingerprint density at radius 3 is 2.92 bits per heavy atom. The van der Waals surface area contributed by atoms with Crippen LogP contribution in [-0.2, 0) is 4.79 Å². The predicted octanol–water partition coefficient (Wildman–Crippen LogP) is 0.806. The van der Waals surface area contributed by atoms with Crippen LogP contribution in [-0.4, -0.2) is 18.5 Å². The Morgan fingerprint density at radius 2 is 2.42 bits per heavy atom. The fourth-order valence-electron chi connectivity index (χ4n) is 0.969. The van der Waals surface area contributed by atoms with Crippen LogP contribution in [0.25, 0.3) is 0 Å². The Labute approximate surface area is 74.0 Å². The van der Waals surface area contributed by atoms with Gasteiger partial charge >= 0.3 is 0 Å². The normalized spacial score (nSPS) is 12.4. The maximum Gasteiger partial charge on any atom is 0.218 e. The van der Waals surface area contributed by atoms with Crippen LogP contribution in [0.15, 0.2) is 12.7 Å². The summed E-state index contributed by atoms with van der Waals surface area (Å²) in [5.41, 5.74) is 5.03. The number of nitrogens with one attached hydrogen (secondary N) is 1. The highest BCUT2D eigenvalue weighted by Gasteiger charge is 2.03. The fourth-order valence-corrected chi connectivity index (χ4v) is 0.969. The summed E-state index contributed by atoms with van der Waals surface area (Å²) in [6, 6.07) is 0.187. The van der Waals surface area contributed by atoms with Crippen LogP contribution >= 0.6 is 0 Å². The topological polar surface area (TPSA) is 55.1 Å². The Morgan fingerprint density at radius 1 is 1.75 bits per heavy atom. The number of carbonyl (C=O) groups is 1. The van der Waals surface area contributed by atoms with Gasteiger partial charge in [-0.2, -0.15) is 0 Å². The van der Waals surface area contributed by atoms with E-state index < -0.39 is 0 Å². The molecule has 12 heavy (non-hydrogen) atoms. The molecule has 3 nitrogen and oxygen atoms in total. The molecule has 0 aromatic rings. The maximum atomic E-state index is 10.5. The van der Waals surface area contributed by atoms with Gasteiger partial charge < -0.3 is 11.1 Å². The third kappa shape index (κ3) is 7.28. The number of carbonyl (C=O) groups excluding carboxylic acids is 1. The number of primary amides is 1. The SMILES string of the molecule is C=CCCCNC(C)CC(N)=O. The van der Waals surface area contributed by atoms with Gasteiger partial charge in [-0.3, -0.25) is 4.79 Å². The molecule has 3 N–H and O–H groups in total. The molecular formula is C9H18N2O. The zero-order valence-electron chi connectivity index (χ0n) is 7.68. The van der Waals surface area contributed by atoms with Crippen molar-refractivity contribution in [1.82, 2.24) is 5.32 Å². The highest BCUT2D eigenvalue weighted by atomic mass is 16.1. The van der Waals surface area contributed by atoms with Gasteiger partial charge in [0, 0.05) is 12.5 Å². The average molecular weight is 170 g/mol. The van der Waals surface area contributed by atoms with Gasteiger partial charge in [0.15, 0.2) is 0 Å². The first-order valence-corrected chi connectivity index (χ1v) is 4.29. The molecule has 0 rings (SSSR count). The highest BCUT2D eigenvalue weighted by molar-refractivity contribution is 5.74. The number of allylic oxidation sites excluding steroid dienone is 1. The van der Waals surface area contributed by atoms with E-state index in [1.807, 2.05) is 13.0 Å². The summed E-state index contributed by atoms with van der Waals surface area (Å²) in [5, 5.41) is 3.20. The van der Waals surface area contributed by atoms with Gasteiger partial charge in [-0.05, 0) is 26.3 Å². The van der Waals surface area contributed by atoms with E-state index in [1.54, 1.807) is 0 Å². The third-order valence-corrected chi connectivity index (χ3v) is 1.59. The number of hydrogen-bond donors (Lipinski definition) is 2. The van der Waals surface area contributed by atoms with Gasteiger partial charge in [-0.15, -0.1) is 6.58 Å². The van der Waals surface area contributed by atoms with E-state index in [0.717, 1.165) is 19.4 Å². The van der Waals surface area contributed by atoms with Gasteiger partial charge in [-0.25, -0.2) is 0 Å². The lowest BCUT2D eigenvalue weighted by Crippen LogP contribution is -2.31. The standard InChI is InChI=1S/C9H18N2O/c1-3-4-5-6-11-8(2)7-9(10)12/h3,8,11H,1,4-7H2,2H3,(H2,10,12). The zero-order chi connectivity index (χ0) is 9.40. The second-order valence-corrected chi connectivity index (χ2v) is 2.96. The Balaban J connectivity index is 3.24. The molecule has 0 spiro atoms. The monoisotopic (exact) mass is 170 g/mol. The molecule has 0 aliphatic rings. The van der Waals surface area contributed by atoms with Gasteiger partial charge in [-0.1, -0.05) is 6.08 Å². The first kappa shape index (κ1) is 11.2. The second-order valence-electron chi connectivity index (χ2n) is 2.96. The number of unbranched alkanes of at least 4 members (excludes halogenated alkanes) is 1. The van der Waals surface area contributed by atoms with Gasteiger partial charge in [0.2, 0.25) is 5.91 Å². The van der Waals surface area contributed by atoms with Crippen molar-refractivity contribution >= 4 is 5.91 Å². The Bertz CT molecular complexity index is 145. The summed E-state index contributed by atoms with van der Waals surface area (Å²) in [6.07, 6.45) is 4.37. The minimum absolute atomic E-state index is 0.187. The van der Waals surface area contributed by atoms with Crippen molar-refractivity contribution in [2.45, 2.75) is 32.2 Å². The summed E-state index contributed by atoms with van der Waals surface area (Å²) < 4.78 is 0. The van der Waals surface area contributed by atoms with Crippen LogP contribution in [0.3, 0.4) is 0 Å². The highest BCUT2D eigenvalue weighted by Crippen LogP contribution is 1.91. The lowest BCUT2D eigenvalue weighted by atomic mass is 10.2. The van der Waals surface area contributed by atoms with Gasteiger partial charge in [0.25, 0.3) is 0 Å². The molecule has 70 valence electrons. The lowest BCUT2D eigenvalue weighted by Gasteiger charge is -2.10.